The molecule has 0 aromatic carbocycles. The van der Waals surface area contributed by atoms with Crippen molar-refractivity contribution in [1.29, 1.82) is 0 Å². The number of anilines is 1. The molecule has 1 aromatic rings. The number of carbonyl (C=O) groups excluding carboxylic acids is 1. The summed E-state index contributed by atoms with van der Waals surface area (Å²) in [4.78, 5) is 20.3. The minimum Gasteiger partial charge on any atom is -0.369 e. The first kappa shape index (κ1) is 14.4. The van der Waals surface area contributed by atoms with Crippen LogP contribution < -0.4 is 10.6 Å². The van der Waals surface area contributed by atoms with Gasteiger partial charge in [0.05, 0.1) is 12.4 Å². The second-order valence-electron chi connectivity index (χ2n) is 4.91. The van der Waals surface area contributed by atoms with Crippen LogP contribution in [0.2, 0.25) is 0 Å². The third kappa shape index (κ3) is 4.31. The van der Waals surface area contributed by atoms with Gasteiger partial charge in [0.15, 0.2) is 0 Å². The monoisotopic (exact) mass is 250 g/mol. The van der Waals surface area contributed by atoms with E-state index in [4.69, 9.17) is 0 Å². The normalized spacial score (nSPS) is 11.1. The van der Waals surface area contributed by atoms with Crippen LogP contribution in [-0.4, -0.2) is 28.0 Å². The molecule has 1 heterocycles. The van der Waals surface area contributed by atoms with Gasteiger partial charge < -0.3 is 10.6 Å². The van der Waals surface area contributed by atoms with Gasteiger partial charge in [-0.3, -0.25) is 9.78 Å². The standard InChI is InChI=1S/C13H22N4O/c1-5-7-13(3,4)17-12(18)10-8-14-9-11(16-10)15-6-2/h8-9H,5-7H2,1-4H3,(H,15,16)(H,17,18). The predicted octanol–water partition coefficient (Wildman–Crippen LogP) is 2.22. The Labute approximate surface area is 108 Å². The molecule has 0 aliphatic carbocycles. The Hall–Kier alpha value is -1.65. The number of hydrogen-bond acceptors (Lipinski definition) is 4. The lowest BCUT2D eigenvalue weighted by Crippen LogP contribution is -2.43. The molecular weight excluding hydrogens is 228 g/mol. The van der Waals surface area contributed by atoms with Gasteiger partial charge in [0.1, 0.15) is 11.5 Å². The Kier molecular flexibility index (Phi) is 5.07. The quantitative estimate of drug-likeness (QED) is 0.812. The van der Waals surface area contributed by atoms with Crippen LogP contribution in [0, 0.1) is 0 Å². The number of nitrogens with zero attached hydrogens (tertiary/aromatic N) is 2. The van der Waals surface area contributed by atoms with Crippen molar-refractivity contribution in [1.82, 2.24) is 15.3 Å². The molecule has 0 spiro atoms. The number of amides is 1. The highest BCUT2D eigenvalue weighted by molar-refractivity contribution is 5.92. The third-order valence-electron chi connectivity index (χ3n) is 2.55. The van der Waals surface area contributed by atoms with Crippen LogP contribution in [0.5, 0.6) is 0 Å². The van der Waals surface area contributed by atoms with Gasteiger partial charge in [0.25, 0.3) is 5.91 Å². The first-order valence-electron chi connectivity index (χ1n) is 6.37. The molecule has 0 fully saturated rings. The molecule has 100 valence electrons. The van der Waals surface area contributed by atoms with Crippen molar-refractivity contribution in [2.45, 2.75) is 46.1 Å². The first-order chi connectivity index (χ1) is 8.48. The van der Waals surface area contributed by atoms with E-state index < -0.39 is 0 Å². The summed E-state index contributed by atoms with van der Waals surface area (Å²) in [6.45, 7) is 8.84. The fourth-order valence-electron chi connectivity index (χ4n) is 1.80. The lowest BCUT2D eigenvalue weighted by atomic mass is 9.99. The Balaban J connectivity index is 2.75. The Bertz CT molecular complexity index is 404. The Morgan fingerprint density at radius 2 is 2.06 bits per heavy atom. The molecule has 0 atom stereocenters. The van der Waals surface area contributed by atoms with E-state index in [0.29, 0.717) is 11.5 Å². The van der Waals surface area contributed by atoms with Crippen molar-refractivity contribution < 1.29 is 4.79 Å². The second kappa shape index (κ2) is 6.33. The summed E-state index contributed by atoms with van der Waals surface area (Å²) in [7, 11) is 0. The topological polar surface area (TPSA) is 66.9 Å². The summed E-state index contributed by atoms with van der Waals surface area (Å²) in [6, 6.07) is 0. The summed E-state index contributed by atoms with van der Waals surface area (Å²) in [6.07, 6.45) is 5.05. The SMILES string of the molecule is CCCC(C)(C)NC(=O)c1cncc(NCC)n1. The van der Waals surface area contributed by atoms with Gasteiger partial charge in [-0.2, -0.15) is 0 Å². The van der Waals surface area contributed by atoms with Crippen molar-refractivity contribution in [2.24, 2.45) is 0 Å². The van der Waals surface area contributed by atoms with Gasteiger partial charge in [-0.25, -0.2) is 4.98 Å². The maximum atomic E-state index is 12.1. The highest BCUT2D eigenvalue weighted by atomic mass is 16.2. The minimum atomic E-state index is -0.221. The third-order valence-corrected chi connectivity index (χ3v) is 2.55. The molecule has 0 saturated heterocycles. The Morgan fingerprint density at radius 3 is 2.67 bits per heavy atom. The van der Waals surface area contributed by atoms with E-state index in [1.165, 1.54) is 6.20 Å². The molecule has 5 heteroatoms. The number of nitrogens with one attached hydrogen (secondary N) is 2. The average molecular weight is 250 g/mol. The fourth-order valence-corrected chi connectivity index (χ4v) is 1.80. The van der Waals surface area contributed by atoms with Crippen LogP contribution in [0.15, 0.2) is 12.4 Å². The molecule has 0 bridgehead atoms. The number of carbonyl (C=O) groups is 1. The average Bonchev–Trinajstić information content (AvgIpc) is 2.29. The molecule has 1 amide bonds. The lowest BCUT2D eigenvalue weighted by Gasteiger charge is -2.25. The van der Waals surface area contributed by atoms with Crippen molar-refractivity contribution in [3.63, 3.8) is 0 Å². The molecule has 1 rings (SSSR count). The molecule has 18 heavy (non-hydrogen) atoms. The second-order valence-corrected chi connectivity index (χ2v) is 4.91. The summed E-state index contributed by atoms with van der Waals surface area (Å²) < 4.78 is 0. The lowest BCUT2D eigenvalue weighted by molar-refractivity contribution is 0.0903. The number of hydrogen-bond donors (Lipinski definition) is 2. The predicted molar refractivity (Wildman–Crippen MR) is 72.6 cm³/mol. The van der Waals surface area contributed by atoms with E-state index in [1.54, 1.807) is 6.20 Å². The molecule has 0 aliphatic heterocycles. The molecular formula is C13H22N4O. The van der Waals surface area contributed by atoms with E-state index in [-0.39, 0.29) is 11.4 Å². The van der Waals surface area contributed by atoms with E-state index in [9.17, 15) is 4.79 Å². The summed E-state index contributed by atoms with van der Waals surface area (Å²) in [5.74, 6) is 0.444. The molecule has 0 saturated carbocycles. The smallest absolute Gasteiger partial charge is 0.271 e. The maximum absolute atomic E-state index is 12.1. The zero-order chi connectivity index (χ0) is 13.6. The van der Waals surface area contributed by atoms with Crippen molar-refractivity contribution in [3.8, 4) is 0 Å². The van der Waals surface area contributed by atoms with Crippen LogP contribution in [0.4, 0.5) is 5.82 Å². The fraction of sp³-hybridized carbons (Fsp3) is 0.615. The van der Waals surface area contributed by atoms with E-state index in [0.717, 1.165) is 19.4 Å². The summed E-state index contributed by atoms with van der Waals surface area (Å²) >= 11 is 0. The van der Waals surface area contributed by atoms with Gasteiger partial charge in [0.2, 0.25) is 0 Å². The molecule has 0 radical (unpaired) electrons. The number of rotatable bonds is 6. The van der Waals surface area contributed by atoms with Gasteiger partial charge in [-0.05, 0) is 27.2 Å². The van der Waals surface area contributed by atoms with Crippen molar-refractivity contribution in [3.05, 3.63) is 18.1 Å². The molecule has 0 unspecified atom stereocenters. The van der Waals surface area contributed by atoms with E-state index in [1.807, 2.05) is 20.8 Å². The maximum Gasteiger partial charge on any atom is 0.271 e. The summed E-state index contributed by atoms with van der Waals surface area (Å²) in [5.41, 5.74) is 0.124. The largest absolute Gasteiger partial charge is 0.369 e. The van der Waals surface area contributed by atoms with Crippen LogP contribution in [-0.2, 0) is 0 Å². The van der Waals surface area contributed by atoms with E-state index in [2.05, 4.69) is 27.5 Å². The van der Waals surface area contributed by atoms with Gasteiger partial charge in [-0.15, -0.1) is 0 Å². The zero-order valence-electron chi connectivity index (χ0n) is 11.6. The highest BCUT2D eigenvalue weighted by Crippen LogP contribution is 2.12. The van der Waals surface area contributed by atoms with Gasteiger partial charge in [0, 0.05) is 12.1 Å². The summed E-state index contributed by atoms with van der Waals surface area (Å²) in [5, 5.41) is 6.01. The molecule has 5 nitrogen and oxygen atoms in total. The molecule has 0 aliphatic rings. The zero-order valence-corrected chi connectivity index (χ0v) is 11.6. The first-order valence-corrected chi connectivity index (χ1v) is 6.37. The Morgan fingerprint density at radius 1 is 1.33 bits per heavy atom. The van der Waals surface area contributed by atoms with E-state index >= 15 is 0 Å². The van der Waals surface area contributed by atoms with Crippen LogP contribution in [0.1, 0.15) is 51.0 Å². The number of aromatic nitrogens is 2. The van der Waals surface area contributed by atoms with Crippen LogP contribution >= 0.6 is 0 Å². The highest BCUT2D eigenvalue weighted by Gasteiger charge is 2.21. The van der Waals surface area contributed by atoms with Gasteiger partial charge >= 0.3 is 0 Å². The van der Waals surface area contributed by atoms with Crippen molar-refractivity contribution >= 4 is 11.7 Å². The van der Waals surface area contributed by atoms with Gasteiger partial charge in [-0.1, -0.05) is 13.3 Å². The molecule has 2 N–H and O–H groups in total. The minimum absolute atomic E-state index is 0.180. The van der Waals surface area contributed by atoms with Crippen LogP contribution in [0.25, 0.3) is 0 Å². The van der Waals surface area contributed by atoms with Crippen LogP contribution in [0.3, 0.4) is 0 Å². The van der Waals surface area contributed by atoms with Crippen molar-refractivity contribution in [2.75, 3.05) is 11.9 Å². The molecule has 1 aromatic heterocycles.